The van der Waals surface area contributed by atoms with Gasteiger partial charge in [0.1, 0.15) is 5.82 Å². The third-order valence-corrected chi connectivity index (χ3v) is 6.29. The molecule has 0 radical (unpaired) electrons. The lowest BCUT2D eigenvalue weighted by Crippen LogP contribution is -2.29. The highest BCUT2D eigenvalue weighted by molar-refractivity contribution is 6.01. The van der Waals surface area contributed by atoms with E-state index in [1.165, 1.54) is 10.6 Å². The third-order valence-electron chi connectivity index (χ3n) is 6.29. The summed E-state index contributed by atoms with van der Waals surface area (Å²) in [4.78, 5) is 24.6. The minimum absolute atomic E-state index is 0.00342. The Morgan fingerprint density at radius 3 is 2.44 bits per heavy atom. The predicted octanol–water partition coefficient (Wildman–Crippen LogP) is 5.24. The Morgan fingerprint density at radius 2 is 1.84 bits per heavy atom. The van der Waals surface area contributed by atoms with Crippen LogP contribution in [0.25, 0.3) is 5.69 Å². The number of nitrogens with one attached hydrogen (secondary N) is 1. The molecule has 0 atom stereocenters. The van der Waals surface area contributed by atoms with E-state index in [0.29, 0.717) is 0 Å². The first-order chi connectivity index (χ1) is 14.9. The van der Waals surface area contributed by atoms with Gasteiger partial charge in [-0.2, -0.15) is 13.2 Å². The van der Waals surface area contributed by atoms with Crippen molar-refractivity contribution in [2.45, 2.75) is 64.6 Å². The zero-order valence-corrected chi connectivity index (χ0v) is 17.9. The number of nitrogens with two attached hydrogens (primary N) is 1. The first-order valence-corrected chi connectivity index (χ1v) is 10.6. The second-order valence-electron chi connectivity index (χ2n) is 9.51. The fourth-order valence-corrected chi connectivity index (χ4v) is 4.90. The number of ketones is 1. The summed E-state index contributed by atoms with van der Waals surface area (Å²) in [5.41, 5.74) is 3.57. The number of amides is 1. The van der Waals surface area contributed by atoms with Crippen molar-refractivity contribution < 1.29 is 27.2 Å². The number of primary amides is 1. The average Bonchev–Trinajstić information content (AvgIpc) is 3.27. The smallest absolute Gasteiger partial charge is 0.382 e. The quantitative estimate of drug-likeness (QED) is 0.624. The molecule has 0 spiro atoms. The van der Waals surface area contributed by atoms with Crippen LogP contribution in [0.1, 0.15) is 77.9 Å². The molecule has 0 aliphatic heterocycles. The highest BCUT2D eigenvalue weighted by atomic mass is 19.4. The van der Waals surface area contributed by atoms with Crippen LogP contribution in [0.4, 0.5) is 23.2 Å². The van der Waals surface area contributed by atoms with Crippen molar-refractivity contribution in [3.8, 4) is 5.69 Å². The second-order valence-corrected chi connectivity index (χ2v) is 9.51. The predicted molar refractivity (Wildman–Crippen MR) is 112 cm³/mol. The number of carbonyl (C=O) groups excluding carboxylic acids is 2. The highest BCUT2D eigenvalue weighted by Gasteiger charge is 2.43. The Morgan fingerprint density at radius 1 is 1.19 bits per heavy atom. The van der Waals surface area contributed by atoms with Gasteiger partial charge in [0.25, 0.3) is 5.91 Å². The van der Waals surface area contributed by atoms with Crippen LogP contribution in [0.2, 0.25) is 0 Å². The van der Waals surface area contributed by atoms with Crippen molar-refractivity contribution in [3.63, 3.8) is 0 Å². The van der Waals surface area contributed by atoms with E-state index in [4.69, 9.17) is 5.73 Å². The number of rotatable bonds is 4. The summed E-state index contributed by atoms with van der Waals surface area (Å²) in [6, 6.07) is 2.45. The topological polar surface area (TPSA) is 77.1 Å². The van der Waals surface area contributed by atoms with Crippen LogP contribution in [-0.4, -0.2) is 22.3 Å². The average molecular weight is 451 g/mol. The van der Waals surface area contributed by atoms with Crippen molar-refractivity contribution in [2.75, 3.05) is 5.32 Å². The molecule has 172 valence electrons. The van der Waals surface area contributed by atoms with Crippen LogP contribution < -0.4 is 11.1 Å². The normalized spacial score (nSPS) is 18.6. The zero-order chi connectivity index (χ0) is 23.4. The van der Waals surface area contributed by atoms with E-state index in [1.54, 1.807) is 0 Å². The maximum absolute atomic E-state index is 15.0. The van der Waals surface area contributed by atoms with Gasteiger partial charge in [0.15, 0.2) is 5.78 Å². The lowest BCUT2D eigenvalue weighted by atomic mass is 9.75. The van der Waals surface area contributed by atoms with Crippen molar-refractivity contribution in [3.05, 3.63) is 46.5 Å². The number of Topliss-reactive ketones (excluding diaryl/α,β-unsaturated/α-hetero) is 1. The van der Waals surface area contributed by atoms with Gasteiger partial charge in [-0.1, -0.05) is 26.7 Å². The largest absolute Gasteiger partial charge is 0.418 e. The van der Waals surface area contributed by atoms with Gasteiger partial charge in [0, 0.05) is 24.4 Å². The van der Waals surface area contributed by atoms with Gasteiger partial charge < -0.3 is 15.6 Å². The maximum Gasteiger partial charge on any atom is 0.418 e. The molecule has 1 saturated carbocycles. The number of nitrogens with zero attached hydrogens (tertiary/aromatic N) is 1. The van der Waals surface area contributed by atoms with Crippen LogP contribution in [-0.2, 0) is 12.6 Å². The summed E-state index contributed by atoms with van der Waals surface area (Å²) in [7, 11) is 0. The Kier molecular flexibility index (Phi) is 5.33. The van der Waals surface area contributed by atoms with Gasteiger partial charge in [-0.25, -0.2) is 4.39 Å². The van der Waals surface area contributed by atoms with Gasteiger partial charge in [0.05, 0.1) is 28.1 Å². The van der Waals surface area contributed by atoms with Gasteiger partial charge in [-0.15, -0.1) is 0 Å². The molecule has 0 bridgehead atoms. The summed E-state index contributed by atoms with van der Waals surface area (Å²) in [6.45, 7) is 3.62. The Hall–Kier alpha value is -2.84. The monoisotopic (exact) mass is 451 g/mol. The minimum atomic E-state index is -4.73. The number of carbonyl (C=O) groups is 2. The summed E-state index contributed by atoms with van der Waals surface area (Å²) in [6.07, 6.45) is -0.0177. The molecule has 32 heavy (non-hydrogen) atoms. The molecule has 2 aliphatic rings. The first-order valence-electron chi connectivity index (χ1n) is 10.6. The van der Waals surface area contributed by atoms with Gasteiger partial charge in [0.2, 0.25) is 0 Å². The number of hydrogen-bond donors (Lipinski definition) is 2. The fourth-order valence-electron chi connectivity index (χ4n) is 4.90. The molecule has 1 aromatic carbocycles. The van der Waals surface area contributed by atoms with Crippen molar-refractivity contribution in [1.29, 1.82) is 0 Å². The lowest BCUT2D eigenvalue weighted by molar-refractivity contribution is -0.137. The summed E-state index contributed by atoms with van der Waals surface area (Å²) < 4.78 is 57.5. The molecular formula is C23H25F4N3O2. The third kappa shape index (κ3) is 4.00. The maximum atomic E-state index is 15.0. The molecule has 2 aromatic rings. The number of fused-ring (bicyclic) bond motifs is 1. The highest BCUT2D eigenvalue weighted by Crippen LogP contribution is 2.43. The molecule has 1 fully saturated rings. The van der Waals surface area contributed by atoms with Crippen LogP contribution in [0.5, 0.6) is 0 Å². The van der Waals surface area contributed by atoms with Crippen LogP contribution in [0.3, 0.4) is 0 Å². The van der Waals surface area contributed by atoms with Crippen molar-refractivity contribution in [1.82, 2.24) is 4.57 Å². The summed E-state index contributed by atoms with van der Waals surface area (Å²) in [5.74, 6) is -2.47. The van der Waals surface area contributed by atoms with Crippen LogP contribution >= 0.6 is 0 Å². The molecule has 4 rings (SSSR count). The zero-order valence-electron chi connectivity index (χ0n) is 17.9. The molecular weight excluding hydrogens is 426 g/mol. The number of alkyl halides is 3. The molecule has 0 saturated heterocycles. The van der Waals surface area contributed by atoms with Gasteiger partial charge in [-0.05, 0) is 36.8 Å². The molecule has 5 nitrogen and oxygen atoms in total. The van der Waals surface area contributed by atoms with Crippen LogP contribution in [0, 0.1) is 11.2 Å². The van der Waals surface area contributed by atoms with Crippen LogP contribution in [0.15, 0.2) is 18.3 Å². The molecule has 3 N–H and O–H groups in total. The van der Waals surface area contributed by atoms with E-state index in [9.17, 15) is 27.2 Å². The minimum Gasteiger partial charge on any atom is -0.382 e. The summed E-state index contributed by atoms with van der Waals surface area (Å²) in [5, 5.41) is 3.14. The van der Waals surface area contributed by atoms with E-state index in [0.717, 1.165) is 37.9 Å². The number of halogens is 4. The number of benzene rings is 1. The summed E-state index contributed by atoms with van der Waals surface area (Å²) >= 11 is 0. The van der Waals surface area contributed by atoms with E-state index in [-0.39, 0.29) is 47.1 Å². The first kappa shape index (κ1) is 22.4. The lowest BCUT2D eigenvalue weighted by Gasteiger charge is -2.30. The number of hydrogen-bond acceptors (Lipinski definition) is 3. The number of anilines is 1. The number of aromatic nitrogens is 1. The Labute approximate surface area is 183 Å². The standard InChI is InChI=1S/C23H25F4N3O2/c1-22(2)9-17-19(18(31)10-22)14(23(25,26)27)11-30(17)13-7-15(24)20(21(28)32)16(8-13)29-12-5-3-4-6-12/h7-8,11-12,29H,3-6,9-10H2,1-2H3,(H2,28,32). The van der Waals surface area contributed by atoms with E-state index < -0.39 is 34.7 Å². The fraction of sp³-hybridized carbons (Fsp3) is 0.478. The Bertz CT molecular complexity index is 1100. The Balaban J connectivity index is 1.91. The van der Waals surface area contributed by atoms with Gasteiger partial charge in [-0.3, -0.25) is 9.59 Å². The van der Waals surface area contributed by atoms with Gasteiger partial charge >= 0.3 is 6.18 Å². The van der Waals surface area contributed by atoms with E-state index in [2.05, 4.69) is 5.32 Å². The molecule has 1 amide bonds. The van der Waals surface area contributed by atoms with E-state index >= 15 is 0 Å². The van der Waals surface area contributed by atoms with Crippen molar-refractivity contribution in [2.24, 2.45) is 11.1 Å². The van der Waals surface area contributed by atoms with E-state index in [1.807, 2.05) is 13.8 Å². The molecule has 1 aromatic heterocycles. The molecule has 9 heteroatoms. The molecule has 0 unspecified atom stereocenters. The second kappa shape index (κ2) is 7.64. The molecule has 2 aliphatic carbocycles. The van der Waals surface area contributed by atoms with Crippen molar-refractivity contribution >= 4 is 17.4 Å². The SMILES string of the molecule is CC1(C)CC(=O)c2c(C(F)(F)F)cn(-c3cc(F)c(C(N)=O)c(NC4CCCC4)c3)c2C1. The molecule has 1 heterocycles.